The maximum atomic E-state index is 12.0. The Morgan fingerprint density at radius 2 is 2.11 bits per heavy atom. The molecule has 1 aromatic carbocycles. The minimum Gasteiger partial charge on any atom is -0.445 e. The largest absolute Gasteiger partial charge is 0.445 e. The van der Waals surface area contributed by atoms with Gasteiger partial charge in [0.1, 0.15) is 6.61 Å². The topological polar surface area (TPSA) is 29.5 Å². The van der Waals surface area contributed by atoms with Crippen molar-refractivity contribution in [3.05, 3.63) is 57.8 Å². The number of carbonyl (C=O) groups excluding carboxylic acids is 1. The third-order valence-electron chi connectivity index (χ3n) is 3.29. The summed E-state index contributed by atoms with van der Waals surface area (Å²) in [5.41, 5.74) is 2.39. The summed E-state index contributed by atoms with van der Waals surface area (Å²) in [5.74, 6) is 0. The lowest BCUT2D eigenvalue weighted by molar-refractivity contribution is 0.0924. The molecule has 0 unspecified atom stereocenters. The fraction of sp³-hybridized carbons (Fsp3) is 0.267. The summed E-state index contributed by atoms with van der Waals surface area (Å²) in [7, 11) is 0. The first kappa shape index (κ1) is 12.2. The quantitative estimate of drug-likeness (QED) is 0.839. The Labute approximate surface area is 116 Å². The molecule has 3 nitrogen and oxygen atoms in total. The molecule has 98 valence electrons. The second kappa shape index (κ2) is 5.45. The summed E-state index contributed by atoms with van der Waals surface area (Å²) in [6, 6.07) is 11.9. The number of amides is 1. The third kappa shape index (κ3) is 2.79. The van der Waals surface area contributed by atoms with Gasteiger partial charge in [0.25, 0.3) is 0 Å². The van der Waals surface area contributed by atoms with Crippen LogP contribution in [0.2, 0.25) is 0 Å². The van der Waals surface area contributed by atoms with Gasteiger partial charge in [0.2, 0.25) is 0 Å². The Morgan fingerprint density at radius 3 is 2.95 bits per heavy atom. The van der Waals surface area contributed by atoms with E-state index in [1.54, 1.807) is 16.2 Å². The minimum absolute atomic E-state index is 0.220. The molecule has 1 aliphatic rings. The summed E-state index contributed by atoms with van der Waals surface area (Å²) in [6.45, 7) is 1.77. The van der Waals surface area contributed by atoms with E-state index in [0.29, 0.717) is 13.2 Å². The van der Waals surface area contributed by atoms with E-state index in [-0.39, 0.29) is 6.09 Å². The molecular weight excluding hydrogens is 258 g/mol. The molecule has 0 saturated carbocycles. The number of carbonyl (C=O) groups is 1. The number of hydrogen-bond donors (Lipinski definition) is 0. The van der Waals surface area contributed by atoms with Crippen molar-refractivity contribution in [1.29, 1.82) is 0 Å². The summed E-state index contributed by atoms with van der Waals surface area (Å²) in [6.07, 6.45) is 0.710. The van der Waals surface area contributed by atoms with Crippen LogP contribution in [0.1, 0.15) is 16.0 Å². The fourth-order valence-electron chi connectivity index (χ4n) is 2.20. The normalized spacial score (nSPS) is 14.0. The first-order valence-electron chi connectivity index (χ1n) is 6.34. The predicted molar refractivity (Wildman–Crippen MR) is 75.1 cm³/mol. The smallest absolute Gasteiger partial charge is 0.410 e. The highest BCUT2D eigenvalue weighted by Gasteiger charge is 2.22. The Hall–Kier alpha value is -1.81. The van der Waals surface area contributed by atoms with E-state index in [2.05, 4.69) is 11.4 Å². The second-order valence-electron chi connectivity index (χ2n) is 4.58. The molecule has 0 N–H and O–H groups in total. The minimum atomic E-state index is -0.220. The zero-order valence-corrected chi connectivity index (χ0v) is 11.4. The SMILES string of the molecule is O=C(OCc1ccccc1)N1CCc2ccsc2C1. The van der Waals surface area contributed by atoms with Gasteiger partial charge in [-0.15, -0.1) is 11.3 Å². The van der Waals surface area contributed by atoms with Crippen LogP contribution in [0.3, 0.4) is 0 Å². The summed E-state index contributed by atoms with van der Waals surface area (Å²) >= 11 is 1.71. The van der Waals surface area contributed by atoms with Crippen LogP contribution < -0.4 is 0 Å². The van der Waals surface area contributed by atoms with Crippen LogP contribution in [0, 0.1) is 0 Å². The summed E-state index contributed by atoms with van der Waals surface area (Å²) in [5, 5.41) is 2.09. The molecule has 0 aliphatic carbocycles. The van der Waals surface area contributed by atoms with Crippen LogP contribution in [0.15, 0.2) is 41.8 Å². The lowest BCUT2D eigenvalue weighted by Crippen LogP contribution is -2.35. The van der Waals surface area contributed by atoms with Gasteiger partial charge in [0, 0.05) is 11.4 Å². The van der Waals surface area contributed by atoms with E-state index in [4.69, 9.17) is 4.74 Å². The van der Waals surface area contributed by atoms with E-state index in [0.717, 1.165) is 18.5 Å². The molecule has 0 fully saturated rings. The second-order valence-corrected chi connectivity index (χ2v) is 5.58. The Bertz CT molecular complexity index is 565. The van der Waals surface area contributed by atoms with Gasteiger partial charge in [-0.05, 0) is 29.0 Å². The molecule has 4 heteroatoms. The highest BCUT2D eigenvalue weighted by Crippen LogP contribution is 2.24. The molecule has 2 aromatic rings. The van der Waals surface area contributed by atoms with Crippen LogP contribution in [0.4, 0.5) is 4.79 Å². The number of fused-ring (bicyclic) bond motifs is 1. The lowest BCUT2D eigenvalue weighted by atomic mass is 10.1. The average Bonchev–Trinajstić information content (AvgIpc) is 2.93. The molecular formula is C15H15NO2S. The maximum absolute atomic E-state index is 12.0. The molecule has 1 amide bonds. The van der Waals surface area contributed by atoms with Crippen LogP contribution in [0.5, 0.6) is 0 Å². The zero-order valence-electron chi connectivity index (χ0n) is 10.5. The third-order valence-corrected chi connectivity index (χ3v) is 4.23. The summed E-state index contributed by atoms with van der Waals surface area (Å²) in [4.78, 5) is 15.1. The van der Waals surface area contributed by atoms with Crippen LogP contribution >= 0.6 is 11.3 Å². The Morgan fingerprint density at radius 1 is 1.26 bits per heavy atom. The molecule has 0 bridgehead atoms. The van der Waals surface area contributed by atoms with Crippen LogP contribution in [-0.4, -0.2) is 17.5 Å². The van der Waals surface area contributed by atoms with Gasteiger partial charge in [0.05, 0.1) is 6.54 Å². The van der Waals surface area contributed by atoms with Crippen LogP contribution in [-0.2, 0) is 24.3 Å². The van der Waals surface area contributed by atoms with Gasteiger partial charge < -0.3 is 9.64 Å². The molecule has 1 aliphatic heterocycles. The highest BCUT2D eigenvalue weighted by atomic mass is 32.1. The van der Waals surface area contributed by atoms with Gasteiger partial charge in [-0.1, -0.05) is 30.3 Å². The van der Waals surface area contributed by atoms with E-state index in [9.17, 15) is 4.79 Å². The molecule has 0 spiro atoms. The van der Waals surface area contributed by atoms with Gasteiger partial charge in [-0.25, -0.2) is 4.79 Å². The van der Waals surface area contributed by atoms with E-state index >= 15 is 0 Å². The first-order valence-corrected chi connectivity index (χ1v) is 7.22. The van der Waals surface area contributed by atoms with Crippen molar-refractivity contribution in [3.8, 4) is 0 Å². The van der Waals surface area contributed by atoms with E-state index < -0.39 is 0 Å². The Kier molecular flexibility index (Phi) is 3.51. The molecule has 0 saturated heterocycles. The lowest BCUT2D eigenvalue weighted by Gasteiger charge is -2.26. The molecule has 3 rings (SSSR count). The van der Waals surface area contributed by atoms with Gasteiger partial charge in [0.15, 0.2) is 0 Å². The van der Waals surface area contributed by atoms with Gasteiger partial charge >= 0.3 is 6.09 Å². The monoisotopic (exact) mass is 273 g/mol. The summed E-state index contributed by atoms with van der Waals surface area (Å²) < 4.78 is 5.35. The van der Waals surface area contributed by atoms with Crippen molar-refractivity contribution in [2.24, 2.45) is 0 Å². The zero-order chi connectivity index (χ0) is 13.1. The molecule has 1 aromatic heterocycles. The predicted octanol–water partition coefficient (Wildman–Crippen LogP) is 3.44. The fourth-order valence-corrected chi connectivity index (χ4v) is 3.15. The number of thiophene rings is 1. The molecule has 2 heterocycles. The highest BCUT2D eigenvalue weighted by molar-refractivity contribution is 7.10. The van der Waals surface area contributed by atoms with E-state index in [1.807, 2.05) is 30.3 Å². The van der Waals surface area contributed by atoms with Crippen molar-refractivity contribution in [1.82, 2.24) is 4.90 Å². The van der Waals surface area contributed by atoms with Gasteiger partial charge in [-0.2, -0.15) is 0 Å². The van der Waals surface area contributed by atoms with Gasteiger partial charge in [-0.3, -0.25) is 0 Å². The number of rotatable bonds is 2. The maximum Gasteiger partial charge on any atom is 0.410 e. The molecule has 19 heavy (non-hydrogen) atoms. The van der Waals surface area contributed by atoms with Crippen LogP contribution in [0.25, 0.3) is 0 Å². The standard InChI is InChI=1S/C15H15NO2S/c17-15(18-11-12-4-2-1-3-5-12)16-8-6-13-7-9-19-14(13)10-16/h1-5,7,9H,6,8,10-11H2. The molecule has 0 atom stereocenters. The Balaban J connectivity index is 1.57. The van der Waals surface area contributed by atoms with Crippen molar-refractivity contribution >= 4 is 17.4 Å². The van der Waals surface area contributed by atoms with Crippen molar-refractivity contribution in [2.75, 3.05) is 6.54 Å². The number of nitrogens with zero attached hydrogens (tertiary/aromatic N) is 1. The number of hydrogen-bond acceptors (Lipinski definition) is 3. The average molecular weight is 273 g/mol. The van der Waals surface area contributed by atoms with E-state index in [1.165, 1.54) is 10.4 Å². The number of benzene rings is 1. The van der Waals surface area contributed by atoms with Crippen molar-refractivity contribution in [3.63, 3.8) is 0 Å². The molecule has 0 radical (unpaired) electrons. The first-order chi connectivity index (χ1) is 9.33. The van der Waals surface area contributed by atoms with Crippen molar-refractivity contribution < 1.29 is 9.53 Å². The number of ether oxygens (including phenoxy) is 1. The van der Waals surface area contributed by atoms with Crippen molar-refractivity contribution in [2.45, 2.75) is 19.6 Å².